The van der Waals surface area contributed by atoms with Crippen molar-refractivity contribution in [2.24, 2.45) is 0 Å². The van der Waals surface area contributed by atoms with Crippen LogP contribution in [0.1, 0.15) is 211 Å². The van der Waals surface area contributed by atoms with Crippen LogP contribution in [0, 0.1) is 0 Å². The lowest BCUT2D eigenvalue weighted by Gasteiger charge is -2.35. The van der Waals surface area contributed by atoms with Crippen molar-refractivity contribution in [1.29, 1.82) is 0 Å². The maximum absolute atomic E-state index is 6.14. The van der Waals surface area contributed by atoms with Gasteiger partial charge in [0.1, 0.15) is 0 Å². The molecule has 0 fully saturated rings. The molecule has 0 radical (unpaired) electrons. The Hall–Kier alpha value is -11.4. The minimum atomic E-state index is -0.251. The molecule has 0 aliphatic carbocycles. The molecule has 119 heavy (non-hydrogen) atoms. The van der Waals surface area contributed by atoms with Crippen molar-refractivity contribution in [3.8, 4) is 112 Å². The van der Waals surface area contributed by atoms with Gasteiger partial charge in [0.05, 0.1) is 33.5 Å². The first kappa shape index (κ1) is 78.8. The van der Waals surface area contributed by atoms with E-state index in [0.717, 1.165) is 72.7 Å². The van der Waals surface area contributed by atoms with Gasteiger partial charge in [0.25, 0.3) is 6.71 Å². The van der Waals surface area contributed by atoms with Crippen LogP contribution in [0.3, 0.4) is 0 Å². The molecule has 0 bridgehead atoms. The Balaban J connectivity index is 1.09. The third-order valence-corrected chi connectivity index (χ3v) is 25.9. The van der Waals surface area contributed by atoms with Crippen LogP contribution in [0.4, 0.5) is 0 Å². The number of nitrogens with zero attached hydrogens (tertiary/aromatic N) is 4. The van der Waals surface area contributed by atoms with E-state index in [-0.39, 0.29) is 50.0 Å². The van der Waals surface area contributed by atoms with Crippen molar-refractivity contribution in [1.82, 2.24) is 19.1 Å². The summed E-state index contributed by atoms with van der Waals surface area (Å²) in [7, 11) is 0. The van der Waals surface area contributed by atoms with Crippen LogP contribution >= 0.6 is 0 Å². The van der Waals surface area contributed by atoms with Gasteiger partial charge in [-0.15, -0.1) is 0 Å². The van der Waals surface area contributed by atoms with Gasteiger partial charge in [-0.05, 0) is 238 Å². The number of fused-ring (bicyclic) bond motifs is 10. The van der Waals surface area contributed by atoms with Gasteiger partial charge in [0.2, 0.25) is 0 Å². The third kappa shape index (κ3) is 13.8. The SMILES string of the molecule is CC(C)(C)c1cc(-c2cc(-c3cc4c5c(c3)-n3c6cc(-c7ccccc7)cc(-c7ccccc7)c6c6c(-c7cc(C(C)(C)C)cc(C(C)(C)C)c7)ccc(c63)B5c3ccc(-c5cc(C(C)(C)C)cc(C(C)(C)C)c5)c5c6c(-c7ccccc7)cc(-c7ccccc7)cc6n-4c35)nc(-c3cc(C(C)(C)C)cc(C(C)(C)C)c3)n2)cc(C(C)(C)C)c1. The molecule has 0 saturated heterocycles. The highest BCUT2D eigenvalue weighted by atomic mass is 15.0. The molecule has 0 saturated carbocycles. The number of benzene rings is 13. The number of hydrogen-bond donors (Lipinski definition) is 0. The fourth-order valence-corrected chi connectivity index (χ4v) is 18.7. The summed E-state index contributed by atoms with van der Waals surface area (Å²) >= 11 is 0. The predicted molar refractivity (Wildman–Crippen MR) is 514 cm³/mol. The third-order valence-electron chi connectivity index (χ3n) is 25.9. The Kier molecular flexibility index (Phi) is 18.3. The average molecular weight is 1550 g/mol. The van der Waals surface area contributed by atoms with Crippen molar-refractivity contribution in [3.63, 3.8) is 0 Å². The van der Waals surface area contributed by atoms with E-state index in [2.05, 4.69) is 436 Å². The molecule has 594 valence electrons. The van der Waals surface area contributed by atoms with Crippen LogP contribution < -0.4 is 16.4 Å². The zero-order valence-electron chi connectivity index (χ0n) is 74.7. The van der Waals surface area contributed by atoms with E-state index in [4.69, 9.17) is 9.97 Å². The zero-order chi connectivity index (χ0) is 84.1. The minimum absolute atomic E-state index is 0.141. The van der Waals surface area contributed by atoms with E-state index < -0.39 is 0 Å². The van der Waals surface area contributed by atoms with Crippen LogP contribution in [-0.2, 0) is 43.3 Å². The quantitative estimate of drug-likeness (QED) is 0.135. The maximum atomic E-state index is 6.14. The lowest BCUT2D eigenvalue weighted by molar-refractivity contribution is 0.568. The summed E-state index contributed by atoms with van der Waals surface area (Å²) in [6.07, 6.45) is 0. The Morgan fingerprint density at radius 2 is 0.496 bits per heavy atom. The molecule has 18 rings (SSSR count). The highest BCUT2D eigenvalue weighted by molar-refractivity contribution is 7.00. The molecule has 2 aliphatic heterocycles. The predicted octanol–water partition coefficient (Wildman–Crippen LogP) is 29.2. The van der Waals surface area contributed by atoms with Gasteiger partial charge in [-0.25, -0.2) is 9.97 Å². The van der Waals surface area contributed by atoms with Crippen LogP contribution in [0.25, 0.3) is 156 Å². The largest absolute Gasteiger partial charge is 0.310 e. The van der Waals surface area contributed by atoms with Crippen molar-refractivity contribution in [2.45, 2.75) is 209 Å². The molecule has 3 aromatic heterocycles. The van der Waals surface area contributed by atoms with Gasteiger partial charge < -0.3 is 9.13 Å². The van der Waals surface area contributed by atoms with Crippen LogP contribution in [0.2, 0.25) is 0 Å². The highest BCUT2D eigenvalue weighted by Crippen LogP contribution is 2.53. The Labute approximate surface area is 708 Å². The summed E-state index contributed by atoms with van der Waals surface area (Å²) in [5.74, 6) is 0.698. The summed E-state index contributed by atoms with van der Waals surface area (Å²) in [4.78, 5) is 12.1. The monoisotopic (exact) mass is 1550 g/mol. The molecular weight excluding hydrogens is 1440 g/mol. The van der Waals surface area contributed by atoms with Gasteiger partial charge in [0, 0.05) is 49.6 Å². The molecule has 5 heterocycles. The number of aromatic nitrogens is 4. The van der Waals surface area contributed by atoms with Crippen molar-refractivity contribution < 1.29 is 0 Å². The first-order chi connectivity index (χ1) is 56.0. The summed E-state index contributed by atoms with van der Waals surface area (Å²) in [5, 5.41) is 4.96. The zero-order valence-corrected chi connectivity index (χ0v) is 74.7. The standard InChI is InChI=1S/C114H115BN4/c1-107(2,3)79-49-74(50-80(63-79)108(4,5)6)87-45-47-91-104-101(87)99-89(70-41-33-27-34-42-70)57-72(68-37-29-25-30-38-68)59-95(99)118(104)97-61-77(94-67-93(76-53-83(111(13,14)15)65-84(54-76)112(16,17)18)116-106(117-94)78-55-85(113(19,20)21)66-86(56-78)114(22,23)24)62-98-103(97)115(91)92-48-46-88(75-51-81(109(7,8)9)64-82(52-75)110(10,11)12)102-100-90(71-43-35-28-36-44-71)58-73(69-39-31-26-32-40-69)60-96(100)119(98)105(92)102/h25-67H,1-24H3. The Bertz CT molecular complexity index is 6270. The van der Waals surface area contributed by atoms with E-state index in [1.54, 1.807) is 0 Å². The lowest BCUT2D eigenvalue weighted by atomic mass is 9.34. The van der Waals surface area contributed by atoms with Crippen LogP contribution in [-0.4, -0.2) is 25.8 Å². The first-order valence-corrected chi connectivity index (χ1v) is 43.3. The Morgan fingerprint density at radius 3 is 0.798 bits per heavy atom. The second kappa shape index (κ2) is 27.6. The molecule has 0 spiro atoms. The van der Waals surface area contributed by atoms with E-state index >= 15 is 0 Å². The minimum Gasteiger partial charge on any atom is -0.310 e. The molecule has 16 aromatic rings. The lowest BCUT2D eigenvalue weighted by Crippen LogP contribution is -2.59. The Morgan fingerprint density at radius 1 is 0.218 bits per heavy atom. The second-order valence-electron chi connectivity index (χ2n) is 42.8. The van der Waals surface area contributed by atoms with Gasteiger partial charge in [-0.1, -0.05) is 360 Å². The first-order valence-electron chi connectivity index (χ1n) is 43.3. The molecule has 4 nitrogen and oxygen atoms in total. The van der Waals surface area contributed by atoms with E-state index in [9.17, 15) is 0 Å². The molecule has 0 unspecified atom stereocenters. The molecule has 2 aliphatic rings. The fraction of sp³-hybridized carbons (Fsp3) is 0.281. The summed E-state index contributed by atoms with van der Waals surface area (Å²) in [6, 6.07) is 102. The van der Waals surface area contributed by atoms with E-state index in [0.29, 0.717) is 5.82 Å². The fourth-order valence-electron chi connectivity index (χ4n) is 18.7. The molecule has 0 atom stereocenters. The van der Waals surface area contributed by atoms with Gasteiger partial charge >= 0.3 is 0 Å². The van der Waals surface area contributed by atoms with E-state index in [1.807, 2.05) is 0 Å². The maximum Gasteiger partial charge on any atom is 0.252 e. The van der Waals surface area contributed by atoms with Crippen LogP contribution in [0.5, 0.6) is 0 Å². The number of hydrogen-bond acceptors (Lipinski definition) is 2. The second-order valence-corrected chi connectivity index (χ2v) is 42.8. The van der Waals surface area contributed by atoms with Gasteiger partial charge in [-0.2, -0.15) is 0 Å². The average Bonchev–Trinajstić information content (AvgIpc) is 1.50. The van der Waals surface area contributed by atoms with Gasteiger partial charge in [-0.3, -0.25) is 0 Å². The smallest absolute Gasteiger partial charge is 0.252 e. The van der Waals surface area contributed by atoms with Gasteiger partial charge in [0.15, 0.2) is 5.82 Å². The van der Waals surface area contributed by atoms with Crippen molar-refractivity contribution in [3.05, 3.63) is 305 Å². The van der Waals surface area contributed by atoms with Crippen molar-refractivity contribution in [2.75, 3.05) is 0 Å². The summed E-state index contributed by atoms with van der Waals surface area (Å²) in [5.41, 5.74) is 39.0. The van der Waals surface area contributed by atoms with Crippen molar-refractivity contribution >= 4 is 66.7 Å². The summed E-state index contributed by atoms with van der Waals surface area (Å²) in [6.45, 7) is 56.3. The number of rotatable bonds is 9. The highest BCUT2D eigenvalue weighted by Gasteiger charge is 2.44. The molecule has 0 amide bonds. The topological polar surface area (TPSA) is 35.6 Å². The molecule has 0 N–H and O–H groups in total. The van der Waals surface area contributed by atoms with E-state index in [1.165, 1.54) is 138 Å². The normalized spacial score (nSPS) is 13.4. The molecule has 5 heteroatoms. The van der Waals surface area contributed by atoms with Crippen LogP contribution in [0.15, 0.2) is 261 Å². The summed E-state index contributed by atoms with van der Waals surface area (Å²) < 4.78 is 5.48. The molecular formula is C114H115BN4. The molecule has 13 aromatic carbocycles.